The highest BCUT2D eigenvalue weighted by Gasteiger charge is 2.24. The summed E-state index contributed by atoms with van der Waals surface area (Å²) in [5, 5.41) is 4.56. The molecule has 2 aromatic heterocycles. The van der Waals surface area contributed by atoms with Crippen LogP contribution in [0.3, 0.4) is 0 Å². The molecule has 1 fully saturated rings. The Hall–Kier alpha value is -1.46. The van der Waals surface area contributed by atoms with Crippen molar-refractivity contribution in [2.75, 3.05) is 13.1 Å². The highest BCUT2D eigenvalue weighted by molar-refractivity contribution is 5.40. The summed E-state index contributed by atoms with van der Waals surface area (Å²) in [6.45, 7) is 5.11. The summed E-state index contributed by atoms with van der Waals surface area (Å²) < 4.78 is 1.85. The van der Waals surface area contributed by atoms with E-state index in [-0.39, 0.29) is 0 Å². The molecule has 5 heteroatoms. The number of likely N-dealkylation sites (tertiary alicyclic amines) is 1. The van der Waals surface area contributed by atoms with Crippen LogP contribution in [0.4, 0.5) is 0 Å². The van der Waals surface area contributed by atoms with Gasteiger partial charge in [0.25, 0.3) is 0 Å². The van der Waals surface area contributed by atoms with E-state index in [1.165, 1.54) is 19.4 Å². The van der Waals surface area contributed by atoms with E-state index in [9.17, 15) is 0 Å². The zero-order valence-corrected chi connectivity index (χ0v) is 11.4. The summed E-state index contributed by atoms with van der Waals surface area (Å²) in [6.07, 6.45) is 5.45. The molecule has 1 aliphatic heterocycles. The number of hydrogen-bond donors (Lipinski definition) is 1. The molecule has 1 unspecified atom stereocenters. The topological polar surface area (TPSA) is 59.5 Å². The molecule has 2 aromatic rings. The van der Waals surface area contributed by atoms with E-state index in [1.54, 1.807) is 0 Å². The van der Waals surface area contributed by atoms with Crippen LogP contribution < -0.4 is 5.73 Å². The van der Waals surface area contributed by atoms with E-state index in [0.717, 1.165) is 30.0 Å². The maximum atomic E-state index is 5.65. The first-order chi connectivity index (χ1) is 9.30. The number of hydrogen-bond acceptors (Lipinski definition) is 4. The molecule has 0 radical (unpaired) electrons. The summed E-state index contributed by atoms with van der Waals surface area (Å²) in [6, 6.07) is 4.62. The molecule has 0 amide bonds. The van der Waals surface area contributed by atoms with E-state index in [1.807, 2.05) is 22.8 Å². The van der Waals surface area contributed by atoms with E-state index in [0.29, 0.717) is 12.6 Å². The standard InChI is InChI=1S/C14H21N5/c1-2-18-6-3-4-12(18)9-13-16-14-8-11(10-15)5-7-19(14)17-13/h5,7-8,12H,2-4,6,9-10,15H2,1H3. The van der Waals surface area contributed by atoms with Crippen LogP contribution in [0, 0.1) is 0 Å². The highest BCUT2D eigenvalue weighted by Crippen LogP contribution is 2.19. The van der Waals surface area contributed by atoms with E-state index in [4.69, 9.17) is 5.73 Å². The number of aromatic nitrogens is 3. The van der Waals surface area contributed by atoms with Crippen molar-refractivity contribution in [1.82, 2.24) is 19.5 Å². The molecule has 0 bridgehead atoms. The van der Waals surface area contributed by atoms with E-state index < -0.39 is 0 Å². The first kappa shape index (κ1) is 12.6. The van der Waals surface area contributed by atoms with Crippen molar-refractivity contribution in [2.24, 2.45) is 5.73 Å². The molecule has 0 aliphatic carbocycles. The number of likely N-dealkylation sites (N-methyl/N-ethyl adjacent to an activating group) is 1. The van der Waals surface area contributed by atoms with Gasteiger partial charge in [-0.05, 0) is 43.6 Å². The smallest absolute Gasteiger partial charge is 0.155 e. The molecular weight excluding hydrogens is 238 g/mol. The fourth-order valence-electron chi connectivity index (χ4n) is 2.94. The minimum Gasteiger partial charge on any atom is -0.326 e. The number of nitrogens with two attached hydrogens (primary N) is 1. The van der Waals surface area contributed by atoms with Crippen molar-refractivity contribution in [2.45, 2.75) is 38.8 Å². The van der Waals surface area contributed by atoms with Crippen LogP contribution in [0.5, 0.6) is 0 Å². The molecule has 19 heavy (non-hydrogen) atoms. The third-order valence-corrected chi connectivity index (χ3v) is 4.00. The Balaban J connectivity index is 1.81. The van der Waals surface area contributed by atoms with Gasteiger partial charge in [-0.3, -0.25) is 0 Å². The van der Waals surface area contributed by atoms with Gasteiger partial charge in [-0.15, -0.1) is 0 Å². The molecule has 2 N–H and O–H groups in total. The van der Waals surface area contributed by atoms with Crippen LogP contribution in [-0.4, -0.2) is 38.6 Å². The van der Waals surface area contributed by atoms with Gasteiger partial charge in [-0.1, -0.05) is 6.92 Å². The number of rotatable bonds is 4. The van der Waals surface area contributed by atoms with Gasteiger partial charge in [-0.2, -0.15) is 5.10 Å². The SMILES string of the molecule is CCN1CCCC1Cc1nc2cc(CN)ccn2n1. The molecule has 5 nitrogen and oxygen atoms in total. The third kappa shape index (κ3) is 2.48. The van der Waals surface area contributed by atoms with Crippen LogP contribution in [0.2, 0.25) is 0 Å². The molecule has 0 spiro atoms. The number of pyridine rings is 1. The zero-order valence-electron chi connectivity index (χ0n) is 11.4. The minimum atomic E-state index is 0.547. The maximum absolute atomic E-state index is 5.65. The van der Waals surface area contributed by atoms with Crippen LogP contribution in [0.25, 0.3) is 5.65 Å². The average Bonchev–Trinajstić information content (AvgIpc) is 3.03. The van der Waals surface area contributed by atoms with Crippen molar-refractivity contribution >= 4 is 5.65 Å². The summed E-state index contributed by atoms with van der Waals surface area (Å²) in [5.74, 6) is 0.944. The van der Waals surface area contributed by atoms with Crippen LogP contribution in [0.1, 0.15) is 31.2 Å². The Morgan fingerprint density at radius 1 is 1.47 bits per heavy atom. The number of nitrogens with zero attached hydrogens (tertiary/aromatic N) is 4. The largest absolute Gasteiger partial charge is 0.326 e. The van der Waals surface area contributed by atoms with Crippen LogP contribution >= 0.6 is 0 Å². The summed E-state index contributed by atoms with van der Waals surface area (Å²) in [4.78, 5) is 7.15. The summed E-state index contributed by atoms with van der Waals surface area (Å²) >= 11 is 0. The predicted molar refractivity (Wildman–Crippen MR) is 74.9 cm³/mol. The van der Waals surface area contributed by atoms with Crippen molar-refractivity contribution < 1.29 is 0 Å². The van der Waals surface area contributed by atoms with Crippen molar-refractivity contribution in [3.8, 4) is 0 Å². The first-order valence-corrected chi connectivity index (χ1v) is 7.08. The average molecular weight is 259 g/mol. The molecule has 1 aliphatic rings. The predicted octanol–water partition coefficient (Wildman–Crippen LogP) is 1.21. The van der Waals surface area contributed by atoms with Gasteiger partial charge >= 0.3 is 0 Å². The van der Waals surface area contributed by atoms with Crippen LogP contribution in [0.15, 0.2) is 18.3 Å². The summed E-state index contributed by atoms with van der Waals surface area (Å²) in [5.41, 5.74) is 7.65. The normalized spacial score (nSPS) is 20.4. The van der Waals surface area contributed by atoms with E-state index in [2.05, 4.69) is 21.9 Å². The molecule has 3 heterocycles. The number of fused-ring (bicyclic) bond motifs is 1. The van der Waals surface area contributed by atoms with Crippen LogP contribution in [-0.2, 0) is 13.0 Å². The maximum Gasteiger partial charge on any atom is 0.155 e. The Morgan fingerprint density at radius 3 is 3.16 bits per heavy atom. The van der Waals surface area contributed by atoms with Crippen molar-refractivity contribution in [3.05, 3.63) is 29.7 Å². The van der Waals surface area contributed by atoms with Crippen molar-refractivity contribution in [1.29, 1.82) is 0 Å². The second-order valence-electron chi connectivity index (χ2n) is 5.20. The Bertz CT molecular complexity index is 562. The second kappa shape index (κ2) is 5.27. The fraction of sp³-hybridized carbons (Fsp3) is 0.571. The van der Waals surface area contributed by atoms with Gasteiger partial charge in [0.15, 0.2) is 11.5 Å². The molecule has 0 aromatic carbocycles. The van der Waals surface area contributed by atoms with Gasteiger partial charge in [0.05, 0.1) is 0 Å². The molecule has 1 saturated heterocycles. The minimum absolute atomic E-state index is 0.547. The zero-order chi connectivity index (χ0) is 13.2. The lowest BCUT2D eigenvalue weighted by molar-refractivity contribution is 0.263. The van der Waals surface area contributed by atoms with Gasteiger partial charge in [0.2, 0.25) is 0 Å². The summed E-state index contributed by atoms with van der Waals surface area (Å²) in [7, 11) is 0. The van der Waals surface area contributed by atoms with E-state index >= 15 is 0 Å². The fourth-order valence-corrected chi connectivity index (χ4v) is 2.94. The first-order valence-electron chi connectivity index (χ1n) is 7.08. The lowest BCUT2D eigenvalue weighted by atomic mass is 10.1. The second-order valence-corrected chi connectivity index (χ2v) is 5.20. The molecule has 3 rings (SSSR count). The third-order valence-electron chi connectivity index (χ3n) is 4.00. The Labute approximate surface area is 113 Å². The van der Waals surface area contributed by atoms with Gasteiger partial charge in [0.1, 0.15) is 0 Å². The Kier molecular flexibility index (Phi) is 3.48. The Morgan fingerprint density at radius 2 is 2.37 bits per heavy atom. The van der Waals surface area contributed by atoms with Gasteiger partial charge in [0, 0.05) is 25.2 Å². The van der Waals surface area contributed by atoms with Gasteiger partial charge < -0.3 is 10.6 Å². The lowest BCUT2D eigenvalue weighted by Crippen LogP contribution is -2.31. The molecule has 0 saturated carbocycles. The molecule has 1 atom stereocenters. The van der Waals surface area contributed by atoms with Crippen molar-refractivity contribution in [3.63, 3.8) is 0 Å². The monoisotopic (exact) mass is 259 g/mol. The van der Waals surface area contributed by atoms with Gasteiger partial charge in [-0.25, -0.2) is 9.50 Å². The highest BCUT2D eigenvalue weighted by atomic mass is 15.3. The lowest BCUT2D eigenvalue weighted by Gasteiger charge is -2.21. The quantitative estimate of drug-likeness (QED) is 0.896. The molecular formula is C14H21N5. The molecule has 102 valence electrons.